The first kappa shape index (κ1) is 23.1. The van der Waals surface area contributed by atoms with Crippen LogP contribution in [0.4, 0.5) is 11.6 Å². The molecule has 34 heavy (non-hydrogen) atoms. The maximum absolute atomic E-state index is 12.3. The fourth-order valence-electron chi connectivity index (χ4n) is 4.75. The first-order valence-corrected chi connectivity index (χ1v) is 13.8. The molecule has 2 aliphatic rings. The molecule has 2 aliphatic heterocycles. The number of fused-ring (bicyclic) bond motifs is 1. The highest BCUT2D eigenvalue weighted by Crippen LogP contribution is 2.32. The number of ether oxygens (including phenoxy) is 1. The molecule has 2 aromatic carbocycles. The minimum absolute atomic E-state index is 0.418. The number of aromatic nitrogens is 3. The number of morpholine rings is 1. The van der Waals surface area contributed by atoms with Crippen molar-refractivity contribution in [2.75, 3.05) is 48.9 Å². The SMILES string of the molecule is CS(=O)(=O)c1cccc2c1CCCN2Cn1nc(N2CCOCC2)n(Cc2ccccc2)c1=S. The molecule has 8 nitrogen and oxygen atoms in total. The number of hydrogen-bond donors (Lipinski definition) is 0. The topological polar surface area (TPSA) is 72.6 Å². The number of nitrogens with zero attached hydrogens (tertiary/aromatic N) is 5. The van der Waals surface area contributed by atoms with E-state index in [1.807, 2.05) is 35.0 Å². The number of anilines is 2. The van der Waals surface area contributed by atoms with Gasteiger partial charge < -0.3 is 14.5 Å². The van der Waals surface area contributed by atoms with Crippen LogP contribution >= 0.6 is 12.2 Å². The van der Waals surface area contributed by atoms with Gasteiger partial charge in [-0.05, 0) is 48.3 Å². The second kappa shape index (κ2) is 9.52. The Bertz CT molecular complexity index is 1330. The molecule has 0 atom stereocenters. The smallest absolute Gasteiger partial charge is 0.226 e. The molecule has 1 aromatic heterocycles. The lowest BCUT2D eigenvalue weighted by atomic mass is 10.0. The third kappa shape index (κ3) is 4.62. The van der Waals surface area contributed by atoms with Gasteiger partial charge in [-0.1, -0.05) is 36.4 Å². The Morgan fingerprint density at radius 1 is 1.03 bits per heavy atom. The maximum atomic E-state index is 12.3. The maximum Gasteiger partial charge on any atom is 0.226 e. The summed E-state index contributed by atoms with van der Waals surface area (Å²) in [5.74, 6) is 0.847. The Balaban J connectivity index is 1.51. The standard InChI is InChI=1S/C24H29N5O3S2/c1-34(30,31)22-11-5-10-21-20(22)9-6-12-27(21)18-29-24(33)28(17-19-7-3-2-4-8-19)23(25-29)26-13-15-32-16-14-26/h2-5,7-8,10-11H,6,9,12-18H2,1H3. The third-order valence-electron chi connectivity index (χ3n) is 6.39. The van der Waals surface area contributed by atoms with E-state index in [0.717, 1.165) is 55.2 Å². The van der Waals surface area contributed by atoms with Crippen molar-refractivity contribution in [3.8, 4) is 0 Å². The number of hydrogen-bond acceptors (Lipinski definition) is 7. The molecule has 1 fully saturated rings. The van der Waals surface area contributed by atoms with Crippen LogP contribution in [0.1, 0.15) is 17.5 Å². The molecular formula is C24H29N5O3S2. The summed E-state index contributed by atoms with van der Waals surface area (Å²) < 4.78 is 34.9. The van der Waals surface area contributed by atoms with E-state index in [4.69, 9.17) is 22.1 Å². The zero-order chi connectivity index (χ0) is 23.7. The van der Waals surface area contributed by atoms with Crippen LogP contribution in [0.2, 0.25) is 0 Å². The predicted octanol–water partition coefficient (Wildman–Crippen LogP) is 3.11. The molecule has 180 valence electrons. The van der Waals surface area contributed by atoms with Crippen LogP contribution < -0.4 is 9.80 Å². The van der Waals surface area contributed by atoms with Crippen LogP contribution in [-0.4, -0.2) is 61.9 Å². The number of sulfone groups is 1. The molecule has 0 saturated carbocycles. The van der Waals surface area contributed by atoms with Crippen LogP contribution in [0, 0.1) is 4.77 Å². The van der Waals surface area contributed by atoms with Crippen LogP contribution in [0.15, 0.2) is 53.4 Å². The van der Waals surface area contributed by atoms with Crippen LogP contribution in [0.25, 0.3) is 0 Å². The summed E-state index contributed by atoms with van der Waals surface area (Å²) in [6.07, 6.45) is 2.91. The van der Waals surface area contributed by atoms with Gasteiger partial charge in [-0.15, -0.1) is 5.10 Å². The van der Waals surface area contributed by atoms with Crippen molar-refractivity contribution in [3.63, 3.8) is 0 Å². The lowest BCUT2D eigenvalue weighted by Gasteiger charge is -2.32. The Morgan fingerprint density at radius 2 is 1.79 bits per heavy atom. The Hall–Kier alpha value is -2.69. The van der Waals surface area contributed by atoms with Crippen LogP contribution in [-0.2, 0) is 34.2 Å². The summed E-state index contributed by atoms with van der Waals surface area (Å²) in [4.78, 5) is 4.83. The molecule has 0 amide bonds. The average molecular weight is 500 g/mol. The molecule has 0 spiro atoms. The normalized spacial score (nSPS) is 16.5. The van der Waals surface area contributed by atoms with Crippen molar-refractivity contribution < 1.29 is 13.2 Å². The Labute approximate surface area is 205 Å². The number of benzene rings is 2. The van der Waals surface area contributed by atoms with Gasteiger partial charge in [0.1, 0.15) is 6.67 Å². The monoisotopic (exact) mass is 499 g/mol. The molecule has 0 radical (unpaired) electrons. The summed E-state index contributed by atoms with van der Waals surface area (Å²) in [6, 6.07) is 15.8. The molecule has 0 unspecified atom stereocenters. The molecule has 3 heterocycles. The van der Waals surface area contributed by atoms with E-state index in [9.17, 15) is 8.42 Å². The van der Waals surface area contributed by atoms with Gasteiger partial charge in [0.15, 0.2) is 9.84 Å². The quantitative estimate of drug-likeness (QED) is 0.483. The Kier molecular flexibility index (Phi) is 6.46. The second-order valence-corrected chi connectivity index (χ2v) is 11.1. The molecule has 0 aliphatic carbocycles. The lowest BCUT2D eigenvalue weighted by Crippen LogP contribution is -2.38. The molecule has 5 rings (SSSR count). The van der Waals surface area contributed by atoms with Crippen molar-refractivity contribution in [1.29, 1.82) is 0 Å². The van der Waals surface area contributed by atoms with Crippen molar-refractivity contribution in [2.45, 2.75) is 31.0 Å². The van der Waals surface area contributed by atoms with E-state index >= 15 is 0 Å². The van der Waals surface area contributed by atoms with Crippen molar-refractivity contribution in [2.24, 2.45) is 0 Å². The first-order chi connectivity index (χ1) is 16.4. The van der Waals surface area contributed by atoms with E-state index < -0.39 is 9.84 Å². The predicted molar refractivity (Wildman–Crippen MR) is 135 cm³/mol. The number of rotatable bonds is 6. The van der Waals surface area contributed by atoms with Crippen LogP contribution in [0.5, 0.6) is 0 Å². The van der Waals surface area contributed by atoms with Crippen molar-refractivity contribution in [1.82, 2.24) is 14.3 Å². The van der Waals surface area contributed by atoms with E-state index in [1.165, 1.54) is 6.26 Å². The highest BCUT2D eigenvalue weighted by molar-refractivity contribution is 7.90. The van der Waals surface area contributed by atoms with Crippen molar-refractivity contribution >= 4 is 33.7 Å². The molecule has 3 aromatic rings. The summed E-state index contributed by atoms with van der Waals surface area (Å²) in [6.45, 7) is 4.80. The zero-order valence-corrected chi connectivity index (χ0v) is 20.9. The van der Waals surface area contributed by atoms with E-state index in [2.05, 4.69) is 26.5 Å². The van der Waals surface area contributed by atoms with Gasteiger partial charge in [0.05, 0.1) is 24.7 Å². The fourth-order valence-corrected chi connectivity index (χ4v) is 5.97. The summed E-state index contributed by atoms with van der Waals surface area (Å²) in [5, 5.41) is 4.95. The second-order valence-electron chi connectivity index (χ2n) is 8.79. The summed E-state index contributed by atoms with van der Waals surface area (Å²) in [7, 11) is -3.29. The van der Waals surface area contributed by atoms with Gasteiger partial charge in [-0.3, -0.25) is 4.57 Å². The lowest BCUT2D eigenvalue weighted by molar-refractivity contribution is 0.121. The van der Waals surface area contributed by atoms with Gasteiger partial charge in [-0.25, -0.2) is 13.1 Å². The van der Waals surface area contributed by atoms with Gasteiger partial charge >= 0.3 is 0 Å². The first-order valence-electron chi connectivity index (χ1n) is 11.5. The molecule has 10 heteroatoms. The summed E-state index contributed by atoms with van der Waals surface area (Å²) >= 11 is 5.92. The van der Waals surface area contributed by atoms with Gasteiger partial charge in [0, 0.05) is 31.6 Å². The largest absolute Gasteiger partial charge is 0.378 e. The minimum atomic E-state index is -3.29. The van der Waals surface area contributed by atoms with E-state index in [0.29, 0.717) is 36.1 Å². The van der Waals surface area contributed by atoms with Gasteiger partial charge in [-0.2, -0.15) is 0 Å². The van der Waals surface area contributed by atoms with Gasteiger partial charge in [0.2, 0.25) is 10.7 Å². The highest BCUT2D eigenvalue weighted by atomic mass is 32.2. The molecule has 0 bridgehead atoms. The Morgan fingerprint density at radius 3 is 2.53 bits per heavy atom. The summed E-state index contributed by atoms with van der Waals surface area (Å²) in [5.41, 5.74) is 3.00. The van der Waals surface area contributed by atoms with Crippen LogP contribution in [0.3, 0.4) is 0 Å². The van der Waals surface area contributed by atoms with E-state index in [-0.39, 0.29) is 0 Å². The molecule has 0 N–H and O–H groups in total. The highest BCUT2D eigenvalue weighted by Gasteiger charge is 2.25. The zero-order valence-electron chi connectivity index (χ0n) is 19.3. The third-order valence-corrected chi connectivity index (χ3v) is 8.00. The minimum Gasteiger partial charge on any atom is -0.378 e. The van der Waals surface area contributed by atoms with Crippen molar-refractivity contribution in [3.05, 3.63) is 64.4 Å². The fraction of sp³-hybridized carbons (Fsp3) is 0.417. The molecule has 1 saturated heterocycles. The average Bonchev–Trinajstić information content (AvgIpc) is 3.14. The molecular weight excluding hydrogens is 470 g/mol. The van der Waals surface area contributed by atoms with E-state index in [1.54, 1.807) is 6.07 Å². The van der Waals surface area contributed by atoms with Gasteiger partial charge in [0.25, 0.3) is 0 Å².